The van der Waals surface area contributed by atoms with Crippen LogP contribution in [-0.2, 0) is 6.42 Å². The van der Waals surface area contributed by atoms with Crippen LogP contribution in [0.25, 0.3) is 0 Å². The molecule has 0 aromatic heterocycles. The van der Waals surface area contributed by atoms with Gasteiger partial charge in [-0.3, -0.25) is 4.90 Å². The van der Waals surface area contributed by atoms with Gasteiger partial charge in [-0.05, 0) is 54.5 Å². The Morgan fingerprint density at radius 2 is 2.08 bits per heavy atom. The molecule has 1 atom stereocenters. The molecule has 1 unspecified atom stereocenters. The zero-order chi connectivity index (χ0) is 17.8. The fraction of sp³-hybridized carbons (Fsp3) is 0.263. The third kappa shape index (κ3) is 4.75. The van der Waals surface area contributed by atoms with Crippen molar-refractivity contribution in [2.75, 3.05) is 11.9 Å². The average Bonchev–Trinajstić information content (AvgIpc) is 2.96. The van der Waals surface area contributed by atoms with Crippen LogP contribution in [-0.4, -0.2) is 27.0 Å². The number of anilines is 1. The first-order valence-corrected chi connectivity index (χ1v) is 9.90. The normalized spacial score (nSPS) is 18.6. The molecule has 1 heterocycles. The maximum absolute atomic E-state index is 6.05. The molecule has 130 valence electrons. The zero-order valence-corrected chi connectivity index (χ0v) is 16.6. The van der Waals surface area contributed by atoms with Crippen molar-refractivity contribution in [3.63, 3.8) is 0 Å². The lowest BCUT2D eigenvalue weighted by molar-refractivity contribution is 0.641. The Kier molecular flexibility index (Phi) is 5.99. The van der Waals surface area contributed by atoms with Crippen molar-refractivity contribution in [2.24, 2.45) is 4.99 Å². The van der Waals surface area contributed by atoms with Crippen molar-refractivity contribution < 1.29 is 0 Å². The van der Waals surface area contributed by atoms with Gasteiger partial charge in [0, 0.05) is 22.5 Å². The quantitative estimate of drug-likeness (QED) is 0.679. The lowest BCUT2D eigenvalue weighted by Gasteiger charge is -2.20. The van der Waals surface area contributed by atoms with Gasteiger partial charge in [-0.1, -0.05) is 55.4 Å². The average molecular weight is 390 g/mol. The Balaban J connectivity index is 1.78. The summed E-state index contributed by atoms with van der Waals surface area (Å²) in [4.78, 5) is 6.85. The third-order valence-corrected chi connectivity index (χ3v) is 5.50. The van der Waals surface area contributed by atoms with Crippen LogP contribution >= 0.6 is 35.6 Å². The molecule has 1 fully saturated rings. The molecule has 3 nitrogen and oxygen atoms in total. The fourth-order valence-electron chi connectivity index (χ4n) is 2.55. The van der Waals surface area contributed by atoms with E-state index in [4.69, 9.17) is 28.8 Å². The van der Waals surface area contributed by atoms with Gasteiger partial charge >= 0.3 is 0 Å². The highest BCUT2D eigenvalue weighted by Crippen LogP contribution is 2.29. The monoisotopic (exact) mass is 389 g/mol. The van der Waals surface area contributed by atoms with Gasteiger partial charge in [0.1, 0.15) is 0 Å². The van der Waals surface area contributed by atoms with E-state index in [1.807, 2.05) is 24.3 Å². The van der Waals surface area contributed by atoms with Gasteiger partial charge < -0.3 is 5.32 Å². The molecule has 1 saturated heterocycles. The summed E-state index contributed by atoms with van der Waals surface area (Å²) in [5.41, 5.74) is 3.14. The molecular formula is C19H20ClN3S2. The van der Waals surface area contributed by atoms with E-state index in [2.05, 4.69) is 48.3 Å². The topological polar surface area (TPSA) is 27.6 Å². The standard InChI is InChI=1S/C19H20ClN3S2/c1-3-14-7-9-16(10-8-14)22-19-23(12-13(2)25-19)18(24)21-17-6-4-5-15(20)11-17/h4-11,13H,3,12H2,1-2H3,(H,21,24). The number of thiocarbonyl (C=S) groups is 1. The van der Waals surface area contributed by atoms with Crippen molar-refractivity contribution in [1.29, 1.82) is 0 Å². The number of rotatable bonds is 3. The molecule has 0 aliphatic carbocycles. The lowest BCUT2D eigenvalue weighted by atomic mass is 10.2. The van der Waals surface area contributed by atoms with Gasteiger partial charge in [-0.15, -0.1) is 0 Å². The van der Waals surface area contributed by atoms with Crippen molar-refractivity contribution in [1.82, 2.24) is 4.90 Å². The van der Waals surface area contributed by atoms with Gasteiger partial charge in [0.2, 0.25) is 0 Å². The summed E-state index contributed by atoms with van der Waals surface area (Å²) in [6, 6.07) is 15.9. The van der Waals surface area contributed by atoms with Crippen molar-refractivity contribution in [3.8, 4) is 0 Å². The minimum absolute atomic E-state index is 0.438. The van der Waals surface area contributed by atoms with Gasteiger partial charge in [-0.25, -0.2) is 4.99 Å². The van der Waals surface area contributed by atoms with E-state index in [0.29, 0.717) is 15.4 Å². The maximum atomic E-state index is 6.05. The minimum atomic E-state index is 0.438. The van der Waals surface area contributed by atoms with Crippen LogP contribution in [0.15, 0.2) is 53.5 Å². The number of benzene rings is 2. The molecule has 0 spiro atoms. The molecule has 0 radical (unpaired) electrons. The van der Waals surface area contributed by atoms with Gasteiger partial charge in [0.05, 0.1) is 5.69 Å². The van der Waals surface area contributed by atoms with E-state index in [9.17, 15) is 0 Å². The van der Waals surface area contributed by atoms with E-state index in [-0.39, 0.29) is 0 Å². The van der Waals surface area contributed by atoms with E-state index < -0.39 is 0 Å². The number of nitrogens with zero attached hydrogens (tertiary/aromatic N) is 2. The number of aliphatic imine (C=N–C) groups is 1. The Morgan fingerprint density at radius 1 is 1.32 bits per heavy atom. The highest BCUT2D eigenvalue weighted by molar-refractivity contribution is 8.14. The van der Waals surface area contributed by atoms with Crippen LogP contribution < -0.4 is 5.32 Å². The number of hydrogen-bond acceptors (Lipinski definition) is 3. The summed E-state index contributed by atoms with van der Waals surface area (Å²) < 4.78 is 0. The fourth-order valence-corrected chi connectivity index (χ4v) is 4.11. The highest BCUT2D eigenvalue weighted by atomic mass is 35.5. The van der Waals surface area contributed by atoms with Crippen molar-refractivity contribution in [3.05, 3.63) is 59.1 Å². The zero-order valence-electron chi connectivity index (χ0n) is 14.2. The summed E-state index contributed by atoms with van der Waals surface area (Å²) in [5.74, 6) is 0. The summed E-state index contributed by atoms with van der Waals surface area (Å²) in [5, 5.41) is 5.95. The summed E-state index contributed by atoms with van der Waals surface area (Å²) in [6.45, 7) is 5.17. The third-order valence-electron chi connectivity index (χ3n) is 3.87. The molecule has 3 rings (SSSR count). The predicted molar refractivity (Wildman–Crippen MR) is 114 cm³/mol. The number of aryl methyl sites for hydroxylation is 1. The van der Waals surface area contributed by atoms with Crippen LogP contribution in [0.3, 0.4) is 0 Å². The lowest BCUT2D eigenvalue weighted by Crippen LogP contribution is -2.36. The summed E-state index contributed by atoms with van der Waals surface area (Å²) >= 11 is 13.4. The second-order valence-electron chi connectivity index (χ2n) is 5.89. The van der Waals surface area contributed by atoms with Crippen LogP contribution in [0.1, 0.15) is 19.4 Å². The van der Waals surface area contributed by atoms with Crippen molar-refractivity contribution in [2.45, 2.75) is 25.5 Å². The molecule has 0 bridgehead atoms. The Morgan fingerprint density at radius 3 is 2.76 bits per heavy atom. The Bertz CT molecular complexity index is 790. The van der Waals surface area contributed by atoms with Gasteiger partial charge in [0.15, 0.2) is 10.3 Å². The number of halogens is 1. The van der Waals surface area contributed by atoms with Crippen LogP contribution in [0, 0.1) is 0 Å². The van der Waals surface area contributed by atoms with Crippen LogP contribution in [0.4, 0.5) is 11.4 Å². The predicted octanol–water partition coefficient (Wildman–Crippen LogP) is 5.72. The molecule has 0 amide bonds. The maximum Gasteiger partial charge on any atom is 0.179 e. The van der Waals surface area contributed by atoms with E-state index >= 15 is 0 Å². The van der Waals surface area contributed by atoms with E-state index in [1.54, 1.807) is 11.8 Å². The molecular weight excluding hydrogens is 370 g/mol. The smallest absolute Gasteiger partial charge is 0.179 e. The summed E-state index contributed by atoms with van der Waals surface area (Å²) in [6.07, 6.45) is 1.03. The molecule has 1 aliphatic rings. The Hall–Kier alpha value is -1.56. The first-order chi connectivity index (χ1) is 12.0. The highest BCUT2D eigenvalue weighted by Gasteiger charge is 2.28. The van der Waals surface area contributed by atoms with Gasteiger partial charge in [-0.2, -0.15) is 0 Å². The number of hydrogen-bond donors (Lipinski definition) is 1. The number of nitrogens with one attached hydrogen (secondary N) is 1. The molecule has 2 aromatic carbocycles. The molecule has 25 heavy (non-hydrogen) atoms. The number of thioether (sulfide) groups is 1. The van der Waals surface area contributed by atoms with Crippen molar-refractivity contribution >= 4 is 57.2 Å². The first-order valence-electron chi connectivity index (χ1n) is 8.23. The van der Waals surface area contributed by atoms with Crippen LogP contribution in [0.5, 0.6) is 0 Å². The molecule has 2 aromatic rings. The van der Waals surface area contributed by atoms with E-state index in [1.165, 1.54) is 5.56 Å². The molecule has 1 N–H and O–H groups in total. The molecule has 1 aliphatic heterocycles. The largest absolute Gasteiger partial charge is 0.332 e. The van der Waals surface area contributed by atoms with Crippen LogP contribution in [0.2, 0.25) is 5.02 Å². The Labute approximate surface area is 163 Å². The number of amidine groups is 1. The first kappa shape index (κ1) is 18.2. The SMILES string of the molecule is CCc1ccc(N=C2SC(C)CN2C(=S)Nc2cccc(Cl)c2)cc1. The van der Waals surface area contributed by atoms with E-state index in [0.717, 1.165) is 29.5 Å². The second-order valence-corrected chi connectivity index (χ2v) is 8.12. The van der Waals surface area contributed by atoms with Gasteiger partial charge in [0.25, 0.3) is 0 Å². The summed E-state index contributed by atoms with van der Waals surface area (Å²) in [7, 11) is 0. The second kappa shape index (κ2) is 8.21. The minimum Gasteiger partial charge on any atom is -0.332 e. The molecule has 0 saturated carbocycles. The molecule has 6 heteroatoms.